The first-order valence-corrected chi connectivity index (χ1v) is 16.4. The van der Waals surface area contributed by atoms with Crippen molar-refractivity contribution in [3.63, 3.8) is 0 Å². The smallest absolute Gasteiger partial charge is 0.409 e. The fourth-order valence-corrected chi connectivity index (χ4v) is 7.20. The van der Waals surface area contributed by atoms with Crippen LogP contribution in [0.3, 0.4) is 0 Å². The van der Waals surface area contributed by atoms with Gasteiger partial charge in [-0.05, 0) is 84.5 Å². The lowest BCUT2D eigenvalue weighted by Gasteiger charge is -2.39. The van der Waals surface area contributed by atoms with E-state index in [0.29, 0.717) is 50.9 Å². The van der Waals surface area contributed by atoms with Crippen LogP contribution in [0.1, 0.15) is 61.0 Å². The maximum absolute atomic E-state index is 12.8. The molecule has 9 heteroatoms. The molecule has 6 rings (SSSR count). The summed E-state index contributed by atoms with van der Waals surface area (Å²) in [6.45, 7) is 6.27. The minimum atomic E-state index is -0.290. The summed E-state index contributed by atoms with van der Waals surface area (Å²) in [6.07, 6.45) is 4.39. The van der Waals surface area contributed by atoms with Crippen LogP contribution < -0.4 is 10.5 Å². The number of ether oxygens (including phenoxy) is 4. The number of nitrogens with zero attached hydrogens (tertiary/aromatic N) is 2. The van der Waals surface area contributed by atoms with Crippen LogP contribution in [0.15, 0.2) is 66.9 Å². The van der Waals surface area contributed by atoms with E-state index in [1.165, 1.54) is 5.56 Å². The Kier molecular flexibility index (Phi) is 9.63. The van der Waals surface area contributed by atoms with Crippen LogP contribution in [-0.4, -0.2) is 62.0 Å². The summed E-state index contributed by atoms with van der Waals surface area (Å²) in [6, 6.07) is 20.7. The normalized spacial score (nSPS) is 16.7. The molecule has 47 heavy (non-hydrogen) atoms. The SMILES string of the molecule is CCOC(=O)N1CCC2(CC1)CC(Oc1cccc(C)c1CC(=O)OCCCOC)c1cc(-c3cccc4c(N)nccc34)ccc12. The number of fused-ring (bicyclic) bond motifs is 3. The van der Waals surface area contributed by atoms with Crippen molar-refractivity contribution in [1.82, 2.24) is 9.88 Å². The zero-order valence-corrected chi connectivity index (χ0v) is 27.4. The van der Waals surface area contributed by atoms with Crippen molar-refractivity contribution < 1.29 is 28.5 Å². The highest BCUT2D eigenvalue weighted by atomic mass is 16.6. The molecule has 1 atom stereocenters. The molecule has 0 radical (unpaired) electrons. The summed E-state index contributed by atoms with van der Waals surface area (Å²) in [4.78, 5) is 31.5. The van der Waals surface area contributed by atoms with E-state index in [1.54, 1.807) is 13.3 Å². The van der Waals surface area contributed by atoms with Crippen LogP contribution in [0.2, 0.25) is 0 Å². The lowest BCUT2D eigenvalue weighted by atomic mass is 9.73. The molecule has 1 aromatic heterocycles. The van der Waals surface area contributed by atoms with Crippen LogP contribution in [0.25, 0.3) is 21.9 Å². The zero-order valence-electron chi connectivity index (χ0n) is 27.4. The number of esters is 1. The molecule has 0 saturated carbocycles. The van der Waals surface area contributed by atoms with Crippen molar-refractivity contribution in [3.05, 3.63) is 89.1 Å². The summed E-state index contributed by atoms with van der Waals surface area (Å²) < 4.78 is 22.8. The molecule has 3 aromatic carbocycles. The van der Waals surface area contributed by atoms with Gasteiger partial charge < -0.3 is 29.6 Å². The summed E-state index contributed by atoms with van der Waals surface area (Å²) in [7, 11) is 1.63. The van der Waals surface area contributed by atoms with Crippen molar-refractivity contribution in [2.75, 3.05) is 45.8 Å². The number of carbonyl (C=O) groups is 2. The predicted molar refractivity (Wildman–Crippen MR) is 181 cm³/mol. The van der Waals surface area contributed by atoms with Crippen LogP contribution in [0.4, 0.5) is 10.6 Å². The topological polar surface area (TPSA) is 113 Å². The number of pyridine rings is 1. The molecule has 1 spiro atoms. The maximum atomic E-state index is 12.8. The molecule has 1 amide bonds. The standard InChI is InChI=1S/C38H43N3O6/c1-4-45-37(43)41-18-15-38(16-19-41)24-34(47-33-11-5-8-25(2)30(33)23-35(42)46-21-7-20-44-3)31-22-26(12-13-32(31)38)27-9-6-10-29-28(27)14-17-40-36(29)39/h5-6,8-14,17,22,34H,4,7,15-16,18-21,23-24H2,1-3H3,(H2,39,40). The lowest BCUT2D eigenvalue weighted by molar-refractivity contribution is -0.143. The molecule has 2 aliphatic rings. The number of benzene rings is 3. The number of anilines is 1. The Morgan fingerprint density at radius 3 is 2.60 bits per heavy atom. The molecule has 246 valence electrons. The Labute approximate surface area is 276 Å². The van der Waals surface area contributed by atoms with Gasteiger partial charge in [-0.15, -0.1) is 0 Å². The third-order valence-corrected chi connectivity index (χ3v) is 9.65. The van der Waals surface area contributed by atoms with Crippen molar-refractivity contribution in [2.24, 2.45) is 0 Å². The third kappa shape index (κ3) is 6.63. The van der Waals surface area contributed by atoms with Gasteiger partial charge in [0.15, 0.2) is 0 Å². The number of likely N-dealkylation sites (tertiary alicyclic amines) is 1. The van der Waals surface area contributed by atoms with E-state index in [9.17, 15) is 9.59 Å². The van der Waals surface area contributed by atoms with Gasteiger partial charge >= 0.3 is 12.1 Å². The van der Waals surface area contributed by atoms with Crippen LogP contribution in [0.5, 0.6) is 5.75 Å². The van der Waals surface area contributed by atoms with Crippen LogP contribution in [-0.2, 0) is 30.8 Å². The first kappa shape index (κ1) is 32.3. The minimum absolute atomic E-state index is 0.125. The van der Waals surface area contributed by atoms with E-state index in [1.807, 2.05) is 55.1 Å². The number of piperidine rings is 1. The molecule has 1 fully saturated rings. The second kappa shape index (κ2) is 14.0. The Balaban J connectivity index is 1.35. The number of nitrogen functional groups attached to an aromatic ring is 1. The Bertz CT molecular complexity index is 1760. The molecule has 1 aliphatic heterocycles. The van der Waals surface area contributed by atoms with Gasteiger partial charge in [0.1, 0.15) is 17.7 Å². The van der Waals surface area contributed by atoms with Gasteiger partial charge in [-0.25, -0.2) is 9.78 Å². The number of amides is 1. The number of methoxy groups -OCH3 is 1. The number of nitrogens with two attached hydrogens (primary N) is 1. The molecule has 1 aliphatic carbocycles. The summed E-state index contributed by atoms with van der Waals surface area (Å²) in [5.41, 5.74) is 12.4. The minimum Gasteiger partial charge on any atom is -0.485 e. The summed E-state index contributed by atoms with van der Waals surface area (Å²) >= 11 is 0. The van der Waals surface area contributed by atoms with Gasteiger partial charge in [0.05, 0.1) is 19.6 Å². The highest BCUT2D eigenvalue weighted by Gasteiger charge is 2.47. The molecule has 4 aromatic rings. The molecular formula is C38H43N3O6. The fraction of sp³-hybridized carbons (Fsp3) is 0.395. The Hall–Kier alpha value is -4.63. The van der Waals surface area contributed by atoms with Crippen molar-refractivity contribution in [2.45, 2.75) is 57.5 Å². The average molecular weight is 638 g/mol. The maximum Gasteiger partial charge on any atom is 0.409 e. The zero-order chi connectivity index (χ0) is 33.0. The van der Waals surface area contributed by atoms with Gasteiger partial charge in [0.25, 0.3) is 0 Å². The number of rotatable bonds is 10. The van der Waals surface area contributed by atoms with Crippen molar-refractivity contribution >= 4 is 28.7 Å². The third-order valence-electron chi connectivity index (χ3n) is 9.65. The van der Waals surface area contributed by atoms with E-state index in [2.05, 4.69) is 29.2 Å². The van der Waals surface area contributed by atoms with Crippen LogP contribution in [0, 0.1) is 6.92 Å². The average Bonchev–Trinajstić information content (AvgIpc) is 3.36. The first-order valence-electron chi connectivity index (χ1n) is 16.4. The molecule has 2 N–H and O–H groups in total. The molecule has 0 bridgehead atoms. The molecule has 9 nitrogen and oxygen atoms in total. The van der Waals surface area contributed by atoms with E-state index >= 15 is 0 Å². The number of hydrogen-bond acceptors (Lipinski definition) is 8. The molecule has 2 heterocycles. The largest absolute Gasteiger partial charge is 0.485 e. The highest BCUT2D eigenvalue weighted by Crippen LogP contribution is 2.53. The quantitative estimate of drug-likeness (QED) is 0.147. The van der Waals surface area contributed by atoms with Gasteiger partial charge in [0, 0.05) is 55.8 Å². The van der Waals surface area contributed by atoms with Gasteiger partial charge in [0.2, 0.25) is 0 Å². The van der Waals surface area contributed by atoms with Crippen molar-refractivity contribution in [1.29, 1.82) is 0 Å². The van der Waals surface area contributed by atoms with E-state index in [-0.39, 0.29) is 30.0 Å². The van der Waals surface area contributed by atoms with Gasteiger partial charge in [-0.2, -0.15) is 0 Å². The lowest BCUT2D eigenvalue weighted by Crippen LogP contribution is -2.44. The summed E-state index contributed by atoms with van der Waals surface area (Å²) in [5.74, 6) is 0.898. The number of aromatic nitrogens is 1. The molecule has 1 unspecified atom stereocenters. The monoisotopic (exact) mass is 637 g/mol. The van der Waals surface area contributed by atoms with Gasteiger partial charge in [-0.3, -0.25) is 4.79 Å². The number of hydrogen-bond donors (Lipinski definition) is 1. The molecular weight excluding hydrogens is 594 g/mol. The fourth-order valence-electron chi connectivity index (χ4n) is 7.20. The predicted octanol–water partition coefficient (Wildman–Crippen LogP) is 6.93. The second-order valence-electron chi connectivity index (χ2n) is 12.5. The number of carbonyl (C=O) groups excluding carboxylic acids is 2. The first-order chi connectivity index (χ1) is 22.8. The molecule has 1 saturated heterocycles. The highest BCUT2D eigenvalue weighted by molar-refractivity contribution is 6.01. The second-order valence-corrected chi connectivity index (χ2v) is 12.5. The van der Waals surface area contributed by atoms with E-state index in [4.69, 9.17) is 24.7 Å². The van der Waals surface area contributed by atoms with E-state index < -0.39 is 0 Å². The Morgan fingerprint density at radius 1 is 1.00 bits per heavy atom. The summed E-state index contributed by atoms with van der Waals surface area (Å²) in [5, 5.41) is 1.96. The van der Waals surface area contributed by atoms with Crippen LogP contribution >= 0.6 is 0 Å². The van der Waals surface area contributed by atoms with E-state index in [0.717, 1.165) is 57.9 Å². The Morgan fingerprint density at radius 2 is 1.81 bits per heavy atom. The van der Waals surface area contributed by atoms with Crippen molar-refractivity contribution in [3.8, 4) is 16.9 Å². The van der Waals surface area contributed by atoms with Gasteiger partial charge in [-0.1, -0.05) is 42.5 Å². The number of aryl methyl sites for hydroxylation is 1.